The summed E-state index contributed by atoms with van der Waals surface area (Å²) in [6.07, 6.45) is 64.6. The molecular weight excluding hydrogens is 818 g/mol. The number of rotatable bonds is 46. The third kappa shape index (κ3) is 50.4. The zero-order valence-corrected chi connectivity index (χ0v) is 42.6. The molecule has 9 heteroatoms. The molecule has 0 radical (unpaired) electrons. The highest BCUT2D eigenvalue weighted by molar-refractivity contribution is 7.47. The SMILES string of the molecule is CC/C=C\C/C=C\C/C=C\C/C=C\C/C=C\C/C=C\C/C=C\CCCC(=O)OC(COCCCCCCCCCC/C=C\CCCCCCCCC)COP(=O)(O)OCC[N+](C)(C)C. The monoisotopic (exact) mass is 915 g/mol. The molecule has 0 heterocycles. The molecule has 2 atom stereocenters. The Hall–Kier alpha value is -2.58. The molecule has 0 aliphatic rings. The fourth-order valence-corrected chi connectivity index (χ4v) is 7.22. The standard InChI is InChI=1S/C55H96NO7P/c1-6-8-10-12-14-16-18-20-22-24-26-27-28-29-30-32-34-36-38-40-42-44-46-48-55(57)63-54(53-62-64(58,59)61-51-49-56(3,4)5)52-60-50-47-45-43-41-39-37-35-33-31-25-23-21-19-17-15-13-11-9-7-2/h8,10,14,16,20,22-23,25-27,29-30,34,36,40,42,54H,6-7,9,11-13,15,17-19,21,24,28,31-33,35,37-39,41,43-53H2,1-5H3/p+1/b10-8-,16-14-,22-20-,25-23-,27-26-,30-29-,36-34-,42-40-. The van der Waals surface area contributed by atoms with E-state index in [0.717, 1.165) is 64.2 Å². The molecule has 8 nitrogen and oxygen atoms in total. The summed E-state index contributed by atoms with van der Waals surface area (Å²) in [5.41, 5.74) is 0. The van der Waals surface area contributed by atoms with Crippen molar-refractivity contribution in [3.63, 3.8) is 0 Å². The minimum atomic E-state index is -4.30. The van der Waals surface area contributed by atoms with Crippen molar-refractivity contribution >= 4 is 13.8 Å². The fourth-order valence-electron chi connectivity index (χ4n) is 6.48. The van der Waals surface area contributed by atoms with Crippen molar-refractivity contribution in [1.82, 2.24) is 0 Å². The van der Waals surface area contributed by atoms with Crippen molar-refractivity contribution in [3.8, 4) is 0 Å². The van der Waals surface area contributed by atoms with Gasteiger partial charge in [-0.1, -0.05) is 188 Å². The van der Waals surface area contributed by atoms with Gasteiger partial charge in [-0.2, -0.15) is 0 Å². The lowest BCUT2D eigenvalue weighted by molar-refractivity contribution is -0.870. The predicted octanol–water partition coefficient (Wildman–Crippen LogP) is 15.8. The van der Waals surface area contributed by atoms with Crippen LogP contribution in [0.3, 0.4) is 0 Å². The van der Waals surface area contributed by atoms with E-state index in [2.05, 4.69) is 111 Å². The van der Waals surface area contributed by atoms with Crippen molar-refractivity contribution in [2.45, 2.75) is 193 Å². The van der Waals surface area contributed by atoms with Gasteiger partial charge in [-0.25, -0.2) is 4.57 Å². The maximum Gasteiger partial charge on any atom is 0.472 e. The quantitative estimate of drug-likeness (QED) is 0.0214. The minimum Gasteiger partial charge on any atom is -0.457 e. The maximum atomic E-state index is 12.7. The Labute approximate surface area is 394 Å². The van der Waals surface area contributed by atoms with Gasteiger partial charge in [-0.15, -0.1) is 0 Å². The number of allylic oxidation sites excluding steroid dienone is 16. The molecule has 0 aromatic rings. The van der Waals surface area contributed by atoms with E-state index in [1.165, 1.54) is 96.3 Å². The van der Waals surface area contributed by atoms with Crippen LogP contribution in [0, 0.1) is 0 Å². The Bertz CT molecular complexity index is 1340. The molecule has 2 unspecified atom stereocenters. The Morgan fingerprint density at radius 3 is 1.38 bits per heavy atom. The van der Waals surface area contributed by atoms with Gasteiger partial charge >= 0.3 is 13.8 Å². The van der Waals surface area contributed by atoms with Crippen LogP contribution in [0.2, 0.25) is 0 Å². The summed E-state index contributed by atoms with van der Waals surface area (Å²) >= 11 is 0. The molecule has 0 aromatic carbocycles. The van der Waals surface area contributed by atoms with E-state index < -0.39 is 13.9 Å². The van der Waals surface area contributed by atoms with Gasteiger partial charge in [-0.3, -0.25) is 13.8 Å². The number of unbranched alkanes of at least 4 members (excludes halogenated alkanes) is 16. The smallest absolute Gasteiger partial charge is 0.457 e. The summed E-state index contributed by atoms with van der Waals surface area (Å²) in [5, 5.41) is 0. The number of carbonyl (C=O) groups is 1. The van der Waals surface area contributed by atoms with E-state index >= 15 is 0 Å². The van der Waals surface area contributed by atoms with Crippen LogP contribution in [0.4, 0.5) is 0 Å². The van der Waals surface area contributed by atoms with Gasteiger partial charge < -0.3 is 18.9 Å². The first-order valence-electron chi connectivity index (χ1n) is 25.5. The second kappa shape index (κ2) is 46.9. The van der Waals surface area contributed by atoms with E-state index in [0.29, 0.717) is 24.1 Å². The molecule has 0 aliphatic heterocycles. The molecule has 0 amide bonds. The first-order chi connectivity index (χ1) is 31.1. The number of carbonyl (C=O) groups excluding carboxylic acids is 1. The van der Waals surface area contributed by atoms with Crippen molar-refractivity contribution in [2.24, 2.45) is 0 Å². The van der Waals surface area contributed by atoms with Gasteiger partial charge in [0.2, 0.25) is 0 Å². The van der Waals surface area contributed by atoms with Crippen LogP contribution in [0.15, 0.2) is 97.2 Å². The highest BCUT2D eigenvalue weighted by atomic mass is 31.2. The molecule has 0 bridgehead atoms. The van der Waals surface area contributed by atoms with Crippen molar-refractivity contribution in [3.05, 3.63) is 97.2 Å². The third-order valence-electron chi connectivity index (χ3n) is 10.4. The first kappa shape index (κ1) is 61.4. The van der Waals surface area contributed by atoms with Crippen LogP contribution >= 0.6 is 7.82 Å². The number of quaternary nitrogens is 1. The fraction of sp³-hybridized carbons (Fsp3) is 0.691. The van der Waals surface area contributed by atoms with Crippen molar-refractivity contribution in [2.75, 3.05) is 54.1 Å². The number of esters is 1. The van der Waals surface area contributed by atoms with Crippen LogP contribution in [0.25, 0.3) is 0 Å². The number of hydrogen-bond acceptors (Lipinski definition) is 6. The zero-order valence-electron chi connectivity index (χ0n) is 41.7. The van der Waals surface area contributed by atoms with Crippen LogP contribution in [0.5, 0.6) is 0 Å². The average molecular weight is 915 g/mol. The van der Waals surface area contributed by atoms with Gasteiger partial charge in [-0.05, 0) is 89.9 Å². The first-order valence-corrected chi connectivity index (χ1v) is 27.0. The molecule has 64 heavy (non-hydrogen) atoms. The molecule has 0 saturated heterocycles. The summed E-state index contributed by atoms with van der Waals surface area (Å²) in [6, 6.07) is 0. The molecule has 0 spiro atoms. The zero-order chi connectivity index (χ0) is 46.9. The van der Waals surface area contributed by atoms with Crippen LogP contribution in [-0.4, -0.2) is 75.6 Å². The van der Waals surface area contributed by atoms with Crippen molar-refractivity contribution in [1.29, 1.82) is 0 Å². The molecule has 368 valence electrons. The van der Waals surface area contributed by atoms with Gasteiger partial charge in [0.1, 0.15) is 19.3 Å². The highest BCUT2D eigenvalue weighted by Crippen LogP contribution is 2.43. The van der Waals surface area contributed by atoms with E-state index in [-0.39, 0.29) is 32.2 Å². The summed E-state index contributed by atoms with van der Waals surface area (Å²) in [7, 11) is 1.62. The van der Waals surface area contributed by atoms with E-state index in [1.54, 1.807) is 0 Å². The number of phosphoric ester groups is 1. The number of nitrogens with zero attached hydrogens (tertiary/aromatic N) is 1. The predicted molar refractivity (Wildman–Crippen MR) is 274 cm³/mol. The van der Waals surface area contributed by atoms with Gasteiger partial charge in [0.25, 0.3) is 0 Å². The Morgan fingerprint density at radius 1 is 0.500 bits per heavy atom. The summed E-state index contributed by atoms with van der Waals surface area (Å²) in [5.74, 6) is -0.374. The molecule has 0 fully saturated rings. The second-order valence-electron chi connectivity index (χ2n) is 17.8. The van der Waals surface area contributed by atoms with Crippen LogP contribution in [-0.2, 0) is 27.9 Å². The highest BCUT2D eigenvalue weighted by Gasteiger charge is 2.26. The van der Waals surface area contributed by atoms with Crippen molar-refractivity contribution < 1.29 is 37.3 Å². The topological polar surface area (TPSA) is 91.3 Å². The van der Waals surface area contributed by atoms with Gasteiger partial charge in [0, 0.05) is 13.0 Å². The lowest BCUT2D eigenvalue weighted by Gasteiger charge is -2.24. The maximum absolute atomic E-state index is 12.7. The lowest BCUT2D eigenvalue weighted by Crippen LogP contribution is -2.37. The van der Waals surface area contributed by atoms with Crippen LogP contribution in [0.1, 0.15) is 187 Å². The summed E-state index contributed by atoms with van der Waals surface area (Å²) in [6.45, 7) is 5.41. The normalized spacial score (nSPS) is 14.4. The molecule has 0 rings (SSSR count). The number of likely N-dealkylation sites (N-methyl/N-ethyl adjacent to an activating group) is 1. The molecule has 0 aliphatic carbocycles. The third-order valence-corrected chi connectivity index (χ3v) is 11.4. The summed E-state index contributed by atoms with van der Waals surface area (Å²) in [4.78, 5) is 23.0. The Morgan fingerprint density at radius 2 is 0.906 bits per heavy atom. The van der Waals surface area contributed by atoms with E-state index in [9.17, 15) is 14.3 Å². The molecule has 0 saturated carbocycles. The Balaban J connectivity index is 4.30. The average Bonchev–Trinajstić information content (AvgIpc) is 3.25. The second-order valence-corrected chi connectivity index (χ2v) is 19.3. The Kier molecular flexibility index (Phi) is 45.0. The number of hydrogen-bond donors (Lipinski definition) is 1. The lowest BCUT2D eigenvalue weighted by atomic mass is 10.1. The van der Waals surface area contributed by atoms with Gasteiger partial charge in [0.15, 0.2) is 0 Å². The van der Waals surface area contributed by atoms with E-state index in [1.807, 2.05) is 21.1 Å². The largest absolute Gasteiger partial charge is 0.472 e. The summed E-state index contributed by atoms with van der Waals surface area (Å²) < 4.78 is 35.1. The molecule has 1 N–H and O–H groups in total. The minimum absolute atomic E-state index is 0.0720. The molecular formula is C55H97NO7P+. The van der Waals surface area contributed by atoms with E-state index in [4.69, 9.17) is 18.5 Å². The number of phosphoric acid groups is 1. The van der Waals surface area contributed by atoms with Crippen LogP contribution < -0.4 is 0 Å². The van der Waals surface area contributed by atoms with Gasteiger partial charge in [0.05, 0.1) is 34.4 Å². The number of ether oxygens (including phenoxy) is 2. The molecule has 0 aromatic heterocycles.